The average molecular weight is 285 g/mol. The fourth-order valence-corrected chi connectivity index (χ4v) is 2.91. The van der Waals surface area contributed by atoms with Crippen LogP contribution in [0, 0.1) is 0 Å². The molecule has 0 spiro atoms. The Morgan fingerprint density at radius 1 is 1.15 bits per heavy atom. The van der Waals surface area contributed by atoms with Crippen molar-refractivity contribution in [2.45, 2.75) is 46.1 Å². The number of likely N-dealkylation sites (tertiary alicyclic amines) is 1. The van der Waals surface area contributed by atoms with E-state index in [1.165, 1.54) is 52.0 Å². The van der Waals surface area contributed by atoms with Crippen molar-refractivity contribution in [3.8, 4) is 0 Å². The standard InChI is InChI=1S/C16H35N3O/c1-4-7-13-20-14-10-17-9-12-18-11-8-16(15-18)19(5-2)6-3/h16-17H,4-15H2,1-3H3. The first-order valence-electron chi connectivity index (χ1n) is 8.56. The second-order valence-electron chi connectivity index (χ2n) is 5.68. The fraction of sp³-hybridized carbons (Fsp3) is 1.00. The highest BCUT2D eigenvalue weighted by Crippen LogP contribution is 2.14. The zero-order valence-electron chi connectivity index (χ0n) is 13.9. The second kappa shape index (κ2) is 11.5. The number of likely N-dealkylation sites (N-methyl/N-ethyl adjacent to an activating group) is 1. The molecule has 1 aliphatic heterocycles. The highest BCUT2D eigenvalue weighted by Gasteiger charge is 2.25. The van der Waals surface area contributed by atoms with E-state index in [2.05, 4.69) is 35.9 Å². The van der Waals surface area contributed by atoms with E-state index in [-0.39, 0.29) is 0 Å². The van der Waals surface area contributed by atoms with Gasteiger partial charge in [0.15, 0.2) is 0 Å². The lowest BCUT2D eigenvalue weighted by atomic mass is 10.2. The topological polar surface area (TPSA) is 27.7 Å². The molecule has 0 saturated carbocycles. The molecule has 0 aliphatic carbocycles. The van der Waals surface area contributed by atoms with Crippen LogP contribution in [0.3, 0.4) is 0 Å². The zero-order valence-corrected chi connectivity index (χ0v) is 13.9. The van der Waals surface area contributed by atoms with E-state index in [1.54, 1.807) is 0 Å². The van der Waals surface area contributed by atoms with Gasteiger partial charge in [0.25, 0.3) is 0 Å². The fourth-order valence-electron chi connectivity index (χ4n) is 2.91. The third kappa shape index (κ3) is 7.02. The molecule has 0 aromatic heterocycles. The number of hydrogen-bond donors (Lipinski definition) is 1. The molecule has 0 aromatic carbocycles. The molecule has 4 heteroatoms. The maximum absolute atomic E-state index is 5.54. The second-order valence-corrected chi connectivity index (χ2v) is 5.68. The molecule has 4 nitrogen and oxygen atoms in total. The predicted molar refractivity (Wildman–Crippen MR) is 86.4 cm³/mol. The van der Waals surface area contributed by atoms with Crippen molar-refractivity contribution in [2.24, 2.45) is 0 Å². The molecule has 1 heterocycles. The lowest BCUT2D eigenvalue weighted by Gasteiger charge is -2.26. The van der Waals surface area contributed by atoms with E-state index < -0.39 is 0 Å². The van der Waals surface area contributed by atoms with Gasteiger partial charge in [-0.2, -0.15) is 0 Å². The van der Waals surface area contributed by atoms with Crippen LogP contribution in [-0.4, -0.2) is 74.9 Å². The van der Waals surface area contributed by atoms with E-state index in [4.69, 9.17) is 4.74 Å². The van der Waals surface area contributed by atoms with Crippen LogP contribution in [0.15, 0.2) is 0 Å². The molecular weight excluding hydrogens is 250 g/mol. The van der Waals surface area contributed by atoms with Crippen LogP contribution in [0.25, 0.3) is 0 Å². The highest BCUT2D eigenvalue weighted by molar-refractivity contribution is 4.82. The van der Waals surface area contributed by atoms with Gasteiger partial charge in [0.1, 0.15) is 0 Å². The molecule has 1 N–H and O–H groups in total. The van der Waals surface area contributed by atoms with Crippen molar-refractivity contribution in [3.63, 3.8) is 0 Å². The monoisotopic (exact) mass is 285 g/mol. The Balaban J connectivity index is 1.96. The summed E-state index contributed by atoms with van der Waals surface area (Å²) in [6.07, 6.45) is 3.73. The van der Waals surface area contributed by atoms with E-state index in [0.29, 0.717) is 0 Å². The Kier molecular flexibility index (Phi) is 10.3. The predicted octanol–water partition coefficient (Wildman–Crippen LogP) is 1.81. The summed E-state index contributed by atoms with van der Waals surface area (Å²) in [5.41, 5.74) is 0. The van der Waals surface area contributed by atoms with Gasteiger partial charge in [-0.3, -0.25) is 4.90 Å². The van der Waals surface area contributed by atoms with Crippen LogP contribution >= 0.6 is 0 Å². The molecule has 0 amide bonds. The van der Waals surface area contributed by atoms with Gasteiger partial charge in [-0.1, -0.05) is 27.2 Å². The Hall–Kier alpha value is -0.160. The van der Waals surface area contributed by atoms with Crippen molar-refractivity contribution >= 4 is 0 Å². The summed E-state index contributed by atoms with van der Waals surface area (Å²) in [4.78, 5) is 5.18. The Morgan fingerprint density at radius 3 is 2.65 bits per heavy atom. The third-order valence-electron chi connectivity index (χ3n) is 4.25. The first kappa shape index (κ1) is 17.9. The van der Waals surface area contributed by atoms with Gasteiger partial charge < -0.3 is 15.0 Å². The summed E-state index contributed by atoms with van der Waals surface area (Å²) in [6, 6.07) is 0.780. The maximum Gasteiger partial charge on any atom is 0.0590 e. The quantitative estimate of drug-likeness (QED) is 0.554. The van der Waals surface area contributed by atoms with Crippen LogP contribution < -0.4 is 5.32 Å². The minimum Gasteiger partial charge on any atom is -0.380 e. The van der Waals surface area contributed by atoms with Gasteiger partial charge in [-0.05, 0) is 32.5 Å². The minimum atomic E-state index is 0.780. The van der Waals surface area contributed by atoms with Gasteiger partial charge in [0, 0.05) is 38.8 Å². The lowest BCUT2D eigenvalue weighted by Crippen LogP contribution is -2.38. The van der Waals surface area contributed by atoms with Crippen LogP contribution in [0.5, 0.6) is 0 Å². The van der Waals surface area contributed by atoms with E-state index in [1.807, 2.05) is 0 Å². The summed E-state index contributed by atoms with van der Waals surface area (Å²) in [5.74, 6) is 0. The molecule has 1 unspecified atom stereocenters. The smallest absolute Gasteiger partial charge is 0.0590 e. The van der Waals surface area contributed by atoms with Crippen molar-refractivity contribution in [3.05, 3.63) is 0 Å². The summed E-state index contributed by atoms with van der Waals surface area (Å²) < 4.78 is 5.54. The SMILES string of the molecule is CCCCOCCNCCN1CCC(N(CC)CC)C1. The summed E-state index contributed by atoms with van der Waals surface area (Å²) in [6.45, 7) is 16.6. The van der Waals surface area contributed by atoms with Crippen LogP contribution in [0.1, 0.15) is 40.0 Å². The first-order chi connectivity index (χ1) is 9.81. The molecule has 120 valence electrons. The molecule has 1 saturated heterocycles. The van der Waals surface area contributed by atoms with Gasteiger partial charge in [-0.25, -0.2) is 0 Å². The number of nitrogens with one attached hydrogen (secondary N) is 1. The molecule has 1 aliphatic rings. The van der Waals surface area contributed by atoms with Gasteiger partial charge in [0.05, 0.1) is 6.61 Å². The van der Waals surface area contributed by atoms with Gasteiger partial charge in [0.2, 0.25) is 0 Å². The molecule has 0 aromatic rings. The average Bonchev–Trinajstić information content (AvgIpc) is 2.92. The van der Waals surface area contributed by atoms with Crippen LogP contribution in [0.2, 0.25) is 0 Å². The number of hydrogen-bond acceptors (Lipinski definition) is 4. The number of rotatable bonds is 12. The van der Waals surface area contributed by atoms with E-state index in [0.717, 1.165) is 32.3 Å². The lowest BCUT2D eigenvalue weighted by molar-refractivity contribution is 0.132. The molecule has 1 atom stereocenters. The summed E-state index contributed by atoms with van der Waals surface area (Å²) in [5, 5.41) is 3.48. The van der Waals surface area contributed by atoms with E-state index >= 15 is 0 Å². The summed E-state index contributed by atoms with van der Waals surface area (Å²) >= 11 is 0. The molecule has 0 radical (unpaired) electrons. The number of unbranched alkanes of at least 4 members (excludes halogenated alkanes) is 1. The largest absolute Gasteiger partial charge is 0.380 e. The van der Waals surface area contributed by atoms with Crippen molar-refractivity contribution in [2.75, 3.05) is 59.0 Å². The van der Waals surface area contributed by atoms with Gasteiger partial charge >= 0.3 is 0 Å². The molecule has 1 fully saturated rings. The first-order valence-corrected chi connectivity index (χ1v) is 8.56. The Morgan fingerprint density at radius 2 is 1.95 bits per heavy atom. The zero-order chi connectivity index (χ0) is 14.6. The molecule has 0 bridgehead atoms. The van der Waals surface area contributed by atoms with Crippen molar-refractivity contribution < 1.29 is 4.74 Å². The van der Waals surface area contributed by atoms with Crippen molar-refractivity contribution in [1.29, 1.82) is 0 Å². The number of ether oxygens (including phenoxy) is 1. The van der Waals surface area contributed by atoms with Crippen LogP contribution in [0.4, 0.5) is 0 Å². The minimum absolute atomic E-state index is 0.780. The van der Waals surface area contributed by atoms with Crippen molar-refractivity contribution in [1.82, 2.24) is 15.1 Å². The highest BCUT2D eigenvalue weighted by atomic mass is 16.5. The molecular formula is C16H35N3O. The van der Waals surface area contributed by atoms with E-state index in [9.17, 15) is 0 Å². The third-order valence-corrected chi connectivity index (χ3v) is 4.25. The normalized spacial score (nSPS) is 20.1. The Bertz CT molecular complexity index is 222. The number of nitrogens with zero attached hydrogens (tertiary/aromatic N) is 2. The molecule has 1 rings (SSSR count). The maximum atomic E-state index is 5.54. The molecule has 20 heavy (non-hydrogen) atoms. The summed E-state index contributed by atoms with van der Waals surface area (Å²) in [7, 11) is 0. The van der Waals surface area contributed by atoms with Gasteiger partial charge in [-0.15, -0.1) is 0 Å². The van der Waals surface area contributed by atoms with Crippen LogP contribution in [-0.2, 0) is 4.74 Å². The Labute approximate surface area is 125 Å².